The Hall–Kier alpha value is -1.29. The average molecular weight is 457 g/mol. The molecule has 0 spiro atoms. The summed E-state index contributed by atoms with van der Waals surface area (Å²) >= 11 is 0. The van der Waals surface area contributed by atoms with E-state index in [0.717, 1.165) is 30.6 Å². The molecule has 0 amide bonds. The van der Waals surface area contributed by atoms with Crippen LogP contribution in [0.3, 0.4) is 0 Å². The minimum absolute atomic E-state index is 0.0178. The van der Waals surface area contributed by atoms with Gasteiger partial charge in [-0.1, -0.05) is 27.2 Å². The number of hydrogen-bond donors (Lipinski definition) is 0. The van der Waals surface area contributed by atoms with Gasteiger partial charge < -0.3 is 13.9 Å². The van der Waals surface area contributed by atoms with Gasteiger partial charge in [0.25, 0.3) is 0 Å². The molecule has 4 aliphatic rings. The van der Waals surface area contributed by atoms with Gasteiger partial charge in [-0.2, -0.15) is 0 Å². The van der Waals surface area contributed by atoms with Crippen molar-refractivity contribution in [3.05, 3.63) is 24.2 Å². The van der Waals surface area contributed by atoms with Gasteiger partial charge in [-0.3, -0.25) is 4.79 Å². The van der Waals surface area contributed by atoms with Crippen LogP contribution in [-0.2, 0) is 14.3 Å². The van der Waals surface area contributed by atoms with Gasteiger partial charge >= 0.3 is 5.97 Å². The van der Waals surface area contributed by atoms with E-state index >= 15 is 0 Å². The smallest absolute Gasteiger partial charge is 0.302 e. The fourth-order valence-electron chi connectivity index (χ4n) is 9.06. The van der Waals surface area contributed by atoms with Crippen molar-refractivity contribution in [1.82, 2.24) is 0 Å². The molecule has 1 aromatic rings. The van der Waals surface area contributed by atoms with Gasteiger partial charge in [-0.15, -0.1) is 0 Å². The van der Waals surface area contributed by atoms with E-state index in [0.29, 0.717) is 29.3 Å². The summed E-state index contributed by atoms with van der Waals surface area (Å²) in [6, 6.07) is 4.14. The summed E-state index contributed by atoms with van der Waals surface area (Å²) in [6.45, 7) is 9.81. The summed E-state index contributed by atoms with van der Waals surface area (Å²) in [5.41, 5.74) is 0.543. The van der Waals surface area contributed by atoms with E-state index in [9.17, 15) is 4.79 Å². The highest BCUT2D eigenvalue weighted by molar-refractivity contribution is 5.66. The third-order valence-electron chi connectivity index (χ3n) is 10.6. The lowest BCUT2D eigenvalue weighted by molar-refractivity contribution is -0.165. The van der Waals surface area contributed by atoms with E-state index in [1.165, 1.54) is 57.8 Å². The molecule has 0 aliphatic heterocycles. The Morgan fingerprint density at radius 2 is 1.94 bits per heavy atom. The summed E-state index contributed by atoms with van der Waals surface area (Å²) in [5, 5.41) is 0. The fraction of sp³-hybridized carbons (Fsp3) is 0.828. The number of furan rings is 1. The molecule has 4 heteroatoms. The zero-order valence-electron chi connectivity index (χ0n) is 21.2. The molecule has 184 valence electrons. The first-order valence-corrected chi connectivity index (χ1v) is 13.7. The predicted octanol–water partition coefficient (Wildman–Crippen LogP) is 7.13. The van der Waals surface area contributed by atoms with Crippen molar-refractivity contribution in [2.24, 2.45) is 34.5 Å². The third-order valence-corrected chi connectivity index (χ3v) is 10.6. The van der Waals surface area contributed by atoms with Crippen molar-refractivity contribution < 1.29 is 18.7 Å². The molecule has 3 unspecified atom stereocenters. The first-order chi connectivity index (χ1) is 15.9. The zero-order chi connectivity index (χ0) is 23.2. The Kier molecular flexibility index (Phi) is 6.44. The molecule has 33 heavy (non-hydrogen) atoms. The second-order valence-electron chi connectivity index (χ2n) is 12.2. The zero-order valence-corrected chi connectivity index (χ0v) is 21.2. The largest absolute Gasteiger partial charge is 0.469 e. The van der Waals surface area contributed by atoms with Crippen molar-refractivity contribution in [3.8, 4) is 0 Å². The average Bonchev–Trinajstić information content (AvgIpc) is 3.40. The molecular weight excluding hydrogens is 412 g/mol. The lowest BCUT2D eigenvalue weighted by Gasteiger charge is -2.61. The number of carbonyl (C=O) groups excluding carboxylic acids is 1. The standard InChI is InChI=1S/C29H44O4/c1-5-6-15-31-21-11-13-28(3)20(17-21)9-10-22-23(28)12-14-29(4)24(25-8-7-16-32-25)18-26(27(22)29)33-19(2)30/h7-8,16,20-24,26-27H,5-6,9-15,17-18H2,1-4H3/t20?,21-,22+,23-,24?,26+,27?,28-,29+/m0/s1. The van der Waals surface area contributed by atoms with Crippen molar-refractivity contribution in [3.63, 3.8) is 0 Å². The molecule has 4 nitrogen and oxygen atoms in total. The highest BCUT2D eigenvalue weighted by Crippen LogP contribution is 2.69. The van der Waals surface area contributed by atoms with Crippen LogP contribution in [0.1, 0.15) is 104 Å². The first-order valence-electron chi connectivity index (χ1n) is 13.7. The molecule has 0 N–H and O–H groups in total. The number of fused-ring (bicyclic) bond motifs is 5. The molecule has 1 aromatic heterocycles. The van der Waals surface area contributed by atoms with Crippen LogP contribution in [0.15, 0.2) is 22.8 Å². The second kappa shape index (κ2) is 9.06. The number of esters is 1. The molecule has 9 atom stereocenters. The monoisotopic (exact) mass is 456 g/mol. The predicted molar refractivity (Wildman–Crippen MR) is 129 cm³/mol. The molecule has 0 radical (unpaired) electrons. The Balaban J connectivity index is 1.38. The lowest BCUT2D eigenvalue weighted by Crippen LogP contribution is -2.55. The summed E-state index contributed by atoms with van der Waals surface area (Å²) in [5.74, 6) is 3.89. The topological polar surface area (TPSA) is 48.7 Å². The van der Waals surface area contributed by atoms with Crippen molar-refractivity contribution in [1.29, 1.82) is 0 Å². The molecule has 4 saturated carbocycles. The molecule has 4 aliphatic carbocycles. The van der Waals surface area contributed by atoms with Crippen LogP contribution in [0.4, 0.5) is 0 Å². The van der Waals surface area contributed by atoms with Gasteiger partial charge in [0.05, 0.1) is 12.4 Å². The maximum absolute atomic E-state index is 12.1. The summed E-state index contributed by atoms with van der Waals surface area (Å²) < 4.78 is 18.3. The number of ether oxygens (including phenoxy) is 2. The van der Waals surface area contributed by atoms with Crippen LogP contribution in [0.2, 0.25) is 0 Å². The highest BCUT2D eigenvalue weighted by atomic mass is 16.5. The van der Waals surface area contributed by atoms with Crippen LogP contribution in [-0.4, -0.2) is 24.8 Å². The molecule has 4 fully saturated rings. The molecular formula is C29H44O4. The Bertz CT molecular complexity index is 818. The Labute approximate surface area is 200 Å². The second-order valence-corrected chi connectivity index (χ2v) is 12.2. The van der Waals surface area contributed by atoms with E-state index in [1.54, 1.807) is 13.2 Å². The van der Waals surface area contributed by atoms with Crippen LogP contribution in [0.25, 0.3) is 0 Å². The summed E-state index contributed by atoms with van der Waals surface area (Å²) in [6.07, 6.45) is 14.4. The van der Waals surface area contributed by atoms with Crippen LogP contribution in [0, 0.1) is 34.5 Å². The van der Waals surface area contributed by atoms with Gasteiger partial charge in [0.15, 0.2) is 0 Å². The maximum atomic E-state index is 12.1. The highest BCUT2D eigenvalue weighted by Gasteiger charge is 2.64. The normalized spacial score (nSPS) is 44.5. The van der Waals surface area contributed by atoms with Crippen molar-refractivity contribution in [2.45, 2.75) is 110 Å². The van der Waals surface area contributed by atoms with Gasteiger partial charge in [0.2, 0.25) is 0 Å². The molecule has 1 heterocycles. The number of hydrogen-bond acceptors (Lipinski definition) is 4. The quantitative estimate of drug-likeness (QED) is 0.337. The number of rotatable bonds is 6. The summed E-state index contributed by atoms with van der Waals surface area (Å²) in [4.78, 5) is 12.1. The van der Waals surface area contributed by atoms with E-state index in [4.69, 9.17) is 13.9 Å². The molecule has 5 rings (SSSR count). The van der Waals surface area contributed by atoms with E-state index in [1.807, 2.05) is 6.07 Å². The van der Waals surface area contributed by atoms with Crippen LogP contribution >= 0.6 is 0 Å². The van der Waals surface area contributed by atoms with Crippen molar-refractivity contribution in [2.75, 3.05) is 6.61 Å². The van der Waals surface area contributed by atoms with E-state index < -0.39 is 0 Å². The van der Waals surface area contributed by atoms with Gasteiger partial charge in [-0.05, 0) is 98.5 Å². The van der Waals surface area contributed by atoms with E-state index in [2.05, 4.69) is 26.8 Å². The van der Waals surface area contributed by atoms with Crippen molar-refractivity contribution >= 4 is 5.97 Å². The number of carbonyl (C=O) groups is 1. The number of unbranched alkanes of at least 4 members (excludes halogenated alkanes) is 1. The third kappa shape index (κ3) is 3.98. The molecule has 0 aromatic carbocycles. The minimum Gasteiger partial charge on any atom is -0.469 e. The fourth-order valence-corrected chi connectivity index (χ4v) is 9.06. The van der Waals surface area contributed by atoms with Gasteiger partial charge in [0, 0.05) is 25.4 Å². The SMILES string of the molecule is CCCCO[C@H]1CC[C@@]2(C)C(CC[C@H]3C4[C@H](OC(C)=O)CC(c5ccco5)[C@@]4(C)CC[C@@H]32)C1. The lowest BCUT2D eigenvalue weighted by atomic mass is 9.44. The molecule has 0 bridgehead atoms. The maximum Gasteiger partial charge on any atom is 0.302 e. The molecule has 0 saturated heterocycles. The first kappa shape index (κ1) is 23.5. The van der Waals surface area contributed by atoms with E-state index in [-0.39, 0.29) is 17.5 Å². The van der Waals surface area contributed by atoms with Gasteiger partial charge in [0.1, 0.15) is 11.9 Å². The minimum atomic E-state index is -0.130. The Morgan fingerprint density at radius 3 is 2.67 bits per heavy atom. The van der Waals surface area contributed by atoms with Gasteiger partial charge in [-0.25, -0.2) is 0 Å². The van der Waals surface area contributed by atoms with Crippen LogP contribution in [0.5, 0.6) is 0 Å². The Morgan fingerprint density at radius 1 is 1.12 bits per heavy atom. The summed E-state index contributed by atoms with van der Waals surface area (Å²) in [7, 11) is 0. The van der Waals surface area contributed by atoms with Crippen LogP contribution < -0.4 is 0 Å².